The first-order valence-electron chi connectivity index (χ1n) is 8.03. The summed E-state index contributed by atoms with van der Waals surface area (Å²) in [6, 6.07) is 9.91. The number of carbonyl (C=O) groups excluding carboxylic acids is 1. The Labute approximate surface area is 139 Å². The SMILES string of the molecule is CCOC(=O)C(C)(C)/C=C/[C@H](O)[C@@H](C)COCc1ccccc1. The molecule has 23 heavy (non-hydrogen) atoms. The van der Waals surface area contributed by atoms with Crippen LogP contribution in [0.2, 0.25) is 0 Å². The van der Waals surface area contributed by atoms with Crippen molar-refractivity contribution in [2.45, 2.75) is 40.4 Å². The van der Waals surface area contributed by atoms with Crippen molar-refractivity contribution in [2.24, 2.45) is 11.3 Å². The molecule has 1 rings (SSSR count). The average Bonchev–Trinajstić information content (AvgIpc) is 2.53. The molecule has 0 amide bonds. The van der Waals surface area contributed by atoms with Crippen LogP contribution < -0.4 is 0 Å². The van der Waals surface area contributed by atoms with Crippen molar-refractivity contribution in [1.29, 1.82) is 0 Å². The third-order valence-electron chi connectivity index (χ3n) is 3.59. The number of carbonyl (C=O) groups is 1. The number of benzene rings is 1. The predicted molar refractivity (Wildman–Crippen MR) is 90.8 cm³/mol. The van der Waals surface area contributed by atoms with Crippen LogP contribution in [0, 0.1) is 11.3 Å². The van der Waals surface area contributed by atoms with Gasteiger partial charge in [0.25, 0.3) is 0 Å². The van der Waals surface area contributed by atoms with Crippen molar-refractivity contribution in [1.82, 2.24) is 0 Å². The standard InChI is InChI=1S/C19H28O4/c1-5-23-18(21)19(3,4)12-11-17(20)15(2)13-22-14-16-9-7-6-8-10-16/h6-12,15,17,20H,5,13-14H2,1-4H3/b12-11+/t15-,17-/m0/s1. The fourth-order valence-corrected chi connectivity index (χ4v) is 1.95. The smallest absolute Gasteiger partial charge is 0.315 e. The second-order valence-corrected chi connectivity index (χ2v) is 6.27. The molecule has 0 spiro atoms. The number of ether oxygens (including phenoxy) is 2. The molecule has 0 aliphatic heterocycles. The van der Waals surface area contributed by atoms with Crippen LogP contribution in [0.3, 0.4) is 0 Å². The van der Waals surface area contributed by atoms with E-state index in [4.69, 9.17) is 9.47 Å². The summed E-state index contributed by atoms with van der Waals surface area (Å²) < 4.78 is 10.7. The maximum atomic E-state index is 11.8. The maximum absolute atomic E-state index is 11.8. The third-order valence-corrected chi connectivity index (χ3v) is 3.59. The molecule has 0 aliphatic carbocycles. The first-order chi connectivity index (χ1) is 10.9. The number of aliphatic hydroxyl groups excluding tert-OH is 1. The fourth-order valence-electron chi connectivity index (χ4n) is 1.95. The number of esters is 1. The van der Waals surface area contributed by atoms with Crippen LogP contribution in [0.5, 0.6) is 0 Å². The highest BCUT2D eigenvalue weighted by atomic mass is 16.5. The maximum Gasteiger partial charge on any atom is 0.315 e. The molecule has 0 aliphatic rings. The summed E-state index contributed by atoms with van der Waals surface area (Å²) >= 11 is 0. The molecule has 128 valence electrons. The second-order valence-electron chi connectivity index (χ2n) is 6.27. The van der Waals surface area contributed by atoms with Gasteiger partial charge in [-0.15, -0.1) is 0 Å². The minimum Gasteiger partial charge on any atom is -0.465 e. The van der Waals surface area contributed by atoms with Gasteiger partial charge in [-0.05, 0) is 26.3 Å². The van der Waals surface area contributed by atoms with Crippen LogP contribution >= 0.6 is 0 Å². The van der Waals surface area contributed by atoms with Gasteiger partial charge in [0.1, 0.15) is 0 Å². The molecule has 2 atom stereocenters. The van der Waals surface area contributed by atoms with Gasteiger partial charge in [-0.1, -0.05) is 49.4 Å². The Morgan fingerprint density at radius 2 is 1.96 bits per heavy atom. The highest BCUT2D eigenvalue weighted by Gasteiger charge is 2.26. The second kappa shape index (κ2) is 9.48. The molecule has 0 unspecified atom stereocenters. The summed E-state index contributed by atoms with van der Waals surface area (Å²) in [5.74, 6) is -0.357. The van der Waals surface area contributed by atoms with Crippen molar-refractivity contribution in [3.8, 4) is 0 Å². The minimum absolute atomic E-state index is 0.0621. The molecule has 0 aromatic heterocycles. The van der Waals surface area contributed by atoms with Gasteiger partial charge in [0.2, 0.25) is 0 Å². The Hall–Kier alpha value is -1.65. The molecular formula is C19H28O4. The normalized spacial score (nSPS) is 14.7. The van der Waals surface area contributed by atoms with Crippen molar-refractivity contribution in [3.63, 3.8) is 0 Å². The largest absolute Gasteiger partial charge is 0.465 e. The van der Waals surface area contributed by atoms with Crippen LogP contribution in [-0.4, -0.2) is 30.4 Å². The molecular weight excluding hydrogens is 292 g/mol. The zero-order valence-electron chi connectivity index (χ0n) is 14.5. The van der Waals surface area contributed by atoms with E-state index in [2.05, 4.69) is 0 Å². The summed E-state index contributed by atoms with van der Waals surface area (Å²) in [4.78, 5) is 11.8. The van der Waals surface area contributed by atoms with Crippen LogP contribution in [0.1, 0.15) is 33.3 Å². The van der Waals surface area contributed by atoms with Crippen LogP contribution in [0.4, 0.5) is 0 Å². The number of rotatable bonds is 9. The lowest BCUT2D eigenvalue weighted by molar-refractivity contribution is -0.150. The summed E-state index contributed by atoms with van der Waals surface area (Å²) in [5.41, 5.74) is 0.356. The van der Waals surface area contributed by atoms with E-state index in [1.54, 1.807) is 32.9 Å². The molecule has 0 radical (unpaired) electrons. The summed E-state index contributed by atoms with van der Waals surface area (Å²) in [7, 11) is 0. The van der Waals surface area contributed by atoms with Crippen molar-refractivity contribution in [3.05, 3.63) is 48.0 Å². The molecule has 0 heterocycles. The monoisotopic (exact) mass is 320 g/mol. The van der Waals surface area contributed by atoms with Gasteiger partial charge in [-0.2, -0.15) is 0 Å². The lowest BCUT2D eigenvalue weighted by atomic mass is 9.91. The van der Waals surface area contributed by atoms with E-state index >= 15 is 0 Å². The summed E-state index contributed by atoms with van der Waals surface area (Å²) in [5, 5.41) is 10.2. The van der Waals surface area contributed by atoms with E-state index in [0.29, 0.717) is 19.8 Å². The Bertz CT molecular complexity index is 493. The first kappa shape index (κ1) is 19.4. The van der Waals surface area contributed by atoms with Crippen molar-refractivity contribution < 1.29 is 19.4 Å². The molecule has 1 aromatic carbocycles. The molecule has 4 heteroatoms. The molecule has 0 bridgehead atoms. The van der Waals surface area contributed by atoms with E-state index in [9.17, 15) is 9.90 Å². The zero-order chi connectivity index (χ0) is 17.3. The molecule has 4 nitrogen and oxygen atoms in total. The molecule has 0 saturated carbocycles. The lowest BCUT2D eigenvalue weighted by Crippen LogP contribution is -2.26. The topological polar surface area (TPSA) is 55.8 Å². The van der Waals surface area contributed by atoms with E-state index in [1.165, 1.54) is 0 Å². The highest BCUT2D eigenvalue weighted by Crippen LogP contribution is 2.20. The van der Waals surface area contributed by atoms with E-state index < -0.39 is 11.5 Å². The van der Waals surface area contributed by atoms with Gasteiger partial charge in [0, 0.05) is 5.92 Å². The number of hydrogen-bond donors (Lipinski definition) is 1. The van der Waals surface area contributed by atoms with Gasteiger partial charge >= 0.3 is 5.97 Å². The fraction of sp³-hybridized carbons (Fsp3) is 0.526. The Morgan fingerprint density at radius 1 is 1.30 bits per heavy atom. The van der Waals surface area contributed by atoms with Crippen LogP contribution in [-0.2, 0) is 20.9 Å². The molecule has 0 saturated heterocycles. The zero-order valence-corrected chi connectivity index (χ0v) is 14.5. The van der Waals surface area contributed by atoms with E-state index in [0.717, 1.165) is 5.56 Å². The van der Waals surface area contributed by atoms with Crippen LogP contribution in [0.25, 0.3) is 0 Å². The van der Waals surface area contributed by atoms with Crippen molar-refractivity contribution in [2.75, 3.05) is 13.2 Å². The highest BCUT2D eigenvalue weighted by molar-refractivity contribution is 5.78. The molecule has 0 fully saturated rings. The van der Waals surface area contributed by atoms with Gasteiger partial charge < -0.3 is 14.6 Å². The third kappa shape index (κ3) is 6.97. The van der Waals surface area contributed by atoms with Gasteiger partial charge in [-0.3, -0.25) is 4.79 Å². The first-order valence-corrected chi connectivity index (χ1v) is 8.03. The predicted octanol–water partition coefficient (Wildman–Crippen LogP) is 3.35. The number of hydrogen-bond acceptors (Lipinski definition) is 4. The Kier molecular flexibility index (Phi) is 8.00. The lowest BCUT2D eigenvalue weighted by Gasteiger charge is -2.20. The Morgan fingerprint density at radius 3 is 2.57 bits per heavy atom. The quantitative estimate of drug-likeness (QED) is 0.560. The minimum atomic E-state index is -0.748. The van der Waals surface area contributed by atoms with Crippen molar-refractivity contribution >= 4 is 5.97 Å². The van der Waals surface area contributed by atoms with Gasteiger partial charge in [-0.25, -0.2) is 0 Å². The van der Waals surface area contributed by atoms with E-state index in [1.807, 2.05) is 37.3 Å². The Balaban J connectivity index is 2.42. The van der Waals surface area contributed by atoms with Gasteiger partial charge in [0.05, 0.1) is 31.3 Å². The van der Waals surface area contributed by atoms with Gasteiger partial charge in [0.15, 0.2) is 0 Å². The summed E-state index contributed by atoms with van der Waals surface area (Å²) in [6.45, 7) is 8.55. The van der Waals surface area contributed by atoms with E-state index in [-0.39, 0.29) is 11.9 Å². The van der Waals surface area contributed by atoms with Crippen LogP contribution in [0.15, 0.2) is 42.5 Å². The average molecular weight is 320 g/mol. The molecule has 1 N–H and O–H groups in total. The number of aliphatic hydroxyl groups is 1. The molecule has 1 aromatic rings. The summed E-state index contributed by atoms with van der Waals surface area (Å²) in [6.07, 6.45) is 2.68.